The molecule has 0 aliphatic heterocycles. The zero-order valence-electron chi connectivity index (χ0n) is 17.7. The normalized spacial score (nSPS) is 29.7. The van der Waals surface area contributed by atoms with Gasteiger partial charge < -0.3 is 0 Å². The largest absolute Gasteiger partial charge is 0.293 e. The third kappa shape index (κ3) is 1.83. The number of benzene rings is 4. The van der Waals surface area contributed by atoms with Crippen molar-refractivity contribution in [3.63, 3.8) is 0 Å². The molecule has 0 unspecified atom stereocenters. The van der Waals surface area contributed by atoms with Crippen molar-refractivity contribution in [3.8, 4) is 0 Å². The van der Waals surface area contributed by atoms with Crippen LogP contribution in [0.25, 0.3) is 0 Å². The molecule has 7 rings (SSSR count). The van der Waals surface area contributed by atoms with Gasteiger partial charge in [-0.25, -0.2) is 0 Å². The zero-order valence-corrected chi connectivity index (χ0v) is 18.4. The van der Waals surface area contributed by atoms with E-state index in [0.29, 0.717) is 11.1 Å². The molecule has 3 aliphatic carbocycles. The molecule has 4 atom stereocenters. The van der Waals surface area contributed by atoms with E-state index in [9.17, 15) is 9.59 Å². The van der Waals surface area contributed by atoms with Crippen molar-refractivity contribution >= 4 is 23.2 Å². The smallest absolute Gasteiger partial charge is 0.175 e. The fraction of sp³-hybridized carbons (Fsp3) is 0.133. The SMILES string of the molecule is O=C(c1ccccc1)[C@]12[C@@H]3c4ccccc4[C@@]1(Cl)c1ccccc1[C@@]32C(=O)c1ccccc1. The summed E-state index contributed by atoms with van der Waals surface area (Å²) in [5.41, 5.74) is 2.81. The van der Waals surface area contributed by atoms with Crippen molar-refractivity contribution in [3.05, 3.63) is 143 Å². The minimum atomic E-state index is -1.10. The molecule has 0 amide bonds. The van der Waals surface area contributed by atoms with Gasteiger partial charge in [-0.15, -0.1) is 11.6 Å². The average Bonchev–Trinajstić information content (AvgIpc) is 3.42. The van der Waals surface area contributed by atoms with Gasteiger partial charge in [0.2, 0.25) is 0 Å². The molecule has 3 heteroatoms. The lowest BCUT2D eigenvalue weighted by Gasteiger charge is -2.31. The minimum absolute atomic E-state index is 0.0261. The first-order valence-corrected chi connectivity index (χ1v) is 11.6. The summed E-state index contributed by atoms with van der Waals surface area (Å²) in [4.78, 5) is 27.9. The van der Waals surface area contributed by atoms with E-state index in [2.05, 4.69) is 0 Å². The molecule has 0 bridgehead atoms. The molecule has 3 aliphatic rings. The van der Waals surface area contributed by atoms with Gasteiger partial charge in [-0.05, 0) is 22.3 Å². The Morgan fingerprint density at radius 2 is 1.06 bits per heavy atom. The summed E-state index contributed by atoms with van der Waals surface area (Å²) in [5.74, 6) is -0.379. The fourth-order valence-corrected chi connectivity index (χ4v) is 7.75. The highest BCUT2D eigenvalue weighted by atomic mass is 35.5. The van der Waals surface area contributed by atoms with Gasteiger partial charge >= 0.3 is 0 Å². The lowest BCUT2D eigenvalue weighted by atomic mass is 9.75. The van der Waals surface area contributed by atoms with Gasteiger partial charge in [-0.1, -0.05) is 109 Å². The molecule has 33 heavy (non-hydrogen) atoms. The molecule has 0 saturated heterocycles. The summed E-state index contributed by atoms with van der Waals surface area (Å²) < 4.78 is 0. The topological polar surface area (TPSA) is 34.1 Å². The maximum Gasteiger partial charge on any atom is 0.175 e. The van der Waals surface area contributed by atoms with Gasteiger partial charge in [0.25, 0.3) is 0 Å². The molecule has 1 fully saturated rings. The van der Waals surface area contributed by atoms with Crippen LogP contribution in [0.3, 0.4) is 0 Å². The van der Waals surface area contributed by atoms with Crippen molar-refractivity contribution in [2.75, 3.05) is 0 Å². The summed E-state index contributed by atoms with van der Waals surface area (Å²) in [5, 5.41) is 0. The first kappa shape index (κ1) is 19.0. The van der Waals surface area contributed by atoms with Gasteiger partial charge in [0.05, 0.1) is 10.8 Å². The van der Waals surface area contributed by atoms with Crippen LogP contribution in [0.1, 0.15) is 48.9 Å². The summed E-state index contributed by atoms with van der Waals surface area (Å²) in [7, 11) is 0. The van der Waals surface area contributed by atoms with E-state index in [0.717, 1.165) is 22.3 Å². The van der Waals surface area contributed by atoms with Crippen LogP contribution in [0.5, 0.6) is 0 Å². The Hall–Kier alpha value is -3.49. The van der Waals surface area contributed by atoms with E-state index < -0.39 is 15.7 Å². The quantitative estimate of drug-likeness (QED) is 0.273. The second kappa shape index (κ2) is 6.09. The van der Waals surface area contributed by atoms with Crippen molar-refractivity contribution < 1.29 is 9.59 Å². The Balaban J connectivity index is 1.61. The molecule has 2 nitrogen and oxygen atoms in total. The number of rotatable bonds is 4. The lowest BCUT2D eigenvalue weighted by molar-refractivity contribution is 0.0807. The van der Waals surface area contributed by atoms with Gasteiger partial charge in [0.15, 0.2) is 11.6 Å². The van der Waals surface area contributed by atoms with Crippen LogP contribution >= 0.6 is 11.6 Å². The highest BCUT2D eigenvalue weighted by Gasteiger charge is 2.97. The van der Waals surface area contributed by atoms with Gasteiger partial charge in [0.1, 0.15) is 4.87 Å². The van der Waals surface area contributed by atoms with Crippen molar-refractivity contribution in [1.29, 1.82) is 0 Å². The van der Waals surface area contributed by atoms with Crippen LogP contribution in [0, 0.1) is 5.41 Å². The van der Waals surface area contributed by atoms with Crippen molar-refractivity contribution in [2.45, 2.75) is 16.2 Å². The number of halogens is 1. The Morgan fingerprint density at radius 1 is 0.576 bits per heavy atom. The molecule has 0 aromatic heterocycles. The van der Waals surface area contributed by atoms with E-state index in [-0.39, 0.29) is 17.5 Å². The number of ketones is 2. The summed E-state index contributed by atoms with van der Waals surface area (Å²) in [6.45, 7) is 0. The van der Waals surface area contributed by atoms with Crippen LogP contribution in [0.15, 0.2) is 109 Å². The standard InChI is InChI=1S/C30H19ClO2/c31-30-22-16-8-7-15-21(22)25-28(23-17-9-10-18-24(23)30,26(32)19-11-3-1-4-12-19)29(25,30)27(33)20-13-5-2-6-14-20/h1-18,25H/t25-,28+,29+,30-/m1/s1. The Kier molecular flexibility index (Phi) is 3.51. The number of fused-ring (bicyclic) bond motifs is 7. The highest BCUT2D eigenvalue weighted by molar-refractivity contribution is 6.36. The predicted octanol–water partition coefficient (Wildman–Crippen LogP) is 6.28. The van der Waals surface area contributed by atoms with Crippen molar-refractivity contribution in [2.24, 2.45) is 5.41 Å². The van der Waals surface area contributed by atoms with Gasteiger partial charge in [-0.2, -0.15) is 0 Å². The third-order valence-corrected chi connectivity index (χ3v) is 8.81. The van der Waals surface area contributed by atoms with E-state index in [1.807, 2.05) is 109 Å². The molecule has 0 N–H and O–H groups in total. The zero-order chi connectivity index (χ0) is 22.4. The highest BCUT2D eigenvalue weighted by Crippen LogP contribution is 2.92. The van der Waals surface area contributed by atoms with Crippen molar-refractivity contribution in [1.82, 2.24) is 0 Å². The molecule has 1 saturated carbocycles. The first-order valence-electron chi connectivity index (χ1n) is 11.2. The third-order valence-electron chi connectivity index (χ3n) is 8.10. The van der Waals surface area contributed by atoms with Crippen LogP contribution in [-0.4, -0.2) is 11.6 Å². The molecule has 0 heterocycles. The van der Waals surface area contributed by atoms with Crippen LogP contribution < -0.4 is 0 Å². The number of hydrogen-bond acceptors (Lipinski definition) is 2. The van der Waals surface area contributed by atoms with E-state index in [1.165, 1.54) is 0 Å². The number of alkyl halides is 1. The lowest BCUT2D eigenvalue weighted by Crippen LogP contribution is -2.39. The number of Topliss-reactive ketones (excluding diaryl/α,β-unsaturated/α-hetero) is 2. The predicted molar refractivity (Wildman–Crippen MR) is 128 cm³/mol. The minimum Gasteiger partial charge on any atom is -0.293 e. The van der Waals surface area contributed by atoms with Crippen LogP contribution in [0.4, 0.5) is 0 Å². The number of carbonyl (C=O) groups excluding carboxylic acids is 2. The Morgan fingerprint density at radius 3 is 1.70 bits per heavy atom. The van der Waals surface area contributed by atoms with E-state index >= 15 is 0 Å². The molecule has 4 aromatic rings. The monoisotopic (exact) mass is 446 g/mol. The maximum atomic E-state index is 14.5. The summed E-state index contributed by atoms with van der Waals surface area (Å²) in [6, 6.07) is 34.5. The van der Waals surface area contributed by atoms with Gasteiger partial charge in [-0.3, -0.25) is 9.59 Å². The molecule has 4 aromatic carbocycles. The number of hydrogen-bond donors (Lipinski definition) is 0. The van der Waals surface area contributed by atoms with E-state index in [4.69, 9.17) is 11.6 Å². The molecular formula is C30H19ClO2. The Labute approximate surface area is 196 Å². The molecule has 158 valence electrons. The summed E-state index contributed by atoms with van der Waals surface area (Å²) in [6.07, 6.45) is 0. The van der Waals surface area contributed by atoms with Gasteiger partial charge in [0, 0.05) is 17.0 Å². The second-order valence-electron chi connectivity index (χ2n) is 9.23. The first-order chi connectivity index (χ1) is 16.1. The number of carbonyl (C=O) groups is 2. The Bertz CT molecular complexity index is 1480. The fourth-order valence-electron chi connectivity index (χ4n) is 7.07. The molecular weight excluding hydrogens is 428 g/mol. The molecule has 0 radical (unpaired) electrons. The maximum absolute atomic E-state index is 14.5. The molecule has 0 spiro atoms. The van der Waals surface area contributed by atoms with E-state index in [1.54, 1.807) is 0 Å². The van der Waals surface area contributed by atoms with Crippen LogP contribution in [0.2, 0.25) is 0 Å². The summed E-state index contributed by atoms with van der Waals surface area (Å²) >= 11 is 7.70. The average molecular weight is 447 g/mol. The second-order valence-corrected chi connectivity index (χ2v) is 9.80. The van der Waals surface area contributed by atoms with Crippen LogP contribution in [-0.2, 0) is 10.3 Å².